The normalized spacial score (nSPS) is 14.9. The lowest BCUT2D eigenvalue weighted by molar-refractivity contribution is -0.118. The third-order valence-electron chi connectivity index (χ3n) is 4.54. The zero-order valence-corrected chi connectivity index (χ0v) is 14.7. The van der Waals surface area contributed by atoms with E-state index in [2.05, 4.69) is 15.6 Å². The summed E-state index contributed by atoms with van der Waals surface area (Å²) >= 11 is 0. The van der Waals surface area contributed by atoms with Crippen LogP contribution < -0.4 is 11.1 Å². The standard InChI is InChI=1S/C18H24N6O2/c19-17(25)8-11-23(12-14-4-2-1-3-5-14)18(26)16-13-24(22-21-16)15-6-9-20-10-7-15/h1-5,13,15,20H,6-12H2,(H2,19,25). The fourth-order valence-corrected chi connectivity index (χ4v) is 3.09. The number of carbonyl (C=O) groups excluding carboxylic acids is 2. The summed E-state index contributed by atoms with van der Waals surface area (Å²) in [4.78, 5) is 25.7. The highest BCUT2D eigenvalue weighted by Gasteiger charge is 2.22. The van der Waals surface area contributed by atoms with Crippen molar-refractivity contribution in [1.82, 2.24) is 25.2 Å². The summed E-state index contributed by atoms with van der Waals surface area (Å²) in [6.07, 6.45) is 3.75. The zero-order chi connectivity index (χ0) is 18.4. The molecule has 0 saturated carbocycles. The molecule has 8 nitrogen and oxygen atoms in total. The minimum Gasteiger partial charge on any atom is -0.370 e. The van der Waals surface area contributed by atoms with Crippen molar-refractivity contribution in [2.75, 3.05) is 19.6 Å². The molecule has 2 aromatic rings. The van der Waals surface area contributed by atoms with Crippen LogP contribution in [0.15, 0.2) is 36.5 Å². The maximum atomic E-state index is 12.9. The van der Waals surface area contributed by atoms with Crippen molar-refractivity contribution >= 4 is 11.8 Å². The number of primary amides is 1. The molecule has 0 aliphatic carbocycles. The van der Waals surface area contributed by atoms with Crippen LogP contribution in [0.25, 0.3) is 0 Å². The Hall–Kier alpha value is -2.74. The smallest absolute Gasteiger partial charge is 0.276 e. The predicted molar refractivity (Wildman–Crippen MR) is 96.2 cm³/mol. The van der Waals surface area contributed by atoms with Crippen LogP contribution in [0.2, 0.25) is 0 Å². The number of benzene rings is 1. The molecule has 1 aromatic heterocycles. The first kappa shape index (κ1) is 18.1. The van der Waals surface area contributed by atoms with Crippen LogP contribution in [0.3, 0.4) is 0 Å². The fraction of sp³-hybridized carbons (Fsp3) is 0.444. The van der Waals surface area contributed by atoms with Crippen LogP contribution in [0.4, 0.5) is 0 Å². The molecule has 1 aliphatic heterocycles. The Bertz CT molecular complexity index is 739. The molecule has 26 heavy (non-hydrogen) atoms. The minimum absolute atomic E-state index is 0.112. The van der Waals surface area contributed by atoms with Crippen molar-refractivity contribution in [3.8, 4) is 0 Å². The zero-order valence-electron chi connectivity index (χ0n) is 14.7. The second-order valence-corrected chi connectivity index (χ2v) is 6.49. The minimum atomic E-state index is -0.436. The van der Waals surface area contributed by atoms with Crippen LogP contribution in [-0.2, 0) is 11.3 Å². The molecule has 3 rings (SSSR count). The average Bonchev–Trinajstić information content (AvgIpc) is 3.16. The van der Waals surface area contributed by atoms with Crippen molar-refractivity contribution in [2.45, 2.75) is 31.8 Å². The van der Waals surface area contributed by atoms with Crippen LogP contribution in [0.5, 0.6) is 0 Å². The number of rotatable bonds is 7. The van der Waals surface area contributed by atoms with E-state index in [0.29, 0.717) is 12.2 Å². The van der Waals surface area contributed by atoms with E-state index in [-0.39, 0.29) is 24.9 Å². The van der Waals surface area contributed by atoms with Gasteiger partial charge in [0, 0.05) is 19.5 Å². The third-order valence-corrected chi connectivity index (χ3v) is 4.54. The van der Waals surface area contributed by atoms with Gasteiger partial charge < -0.3 is 16.0 Å². The Morgan fingerprint density at radius 2 is 1.96 bits per heavy atom. The van der Waals surface area contributed by atoms with Crippen molar-refractivity contribution in [2.24, 2.45) is 5.73 Å². The van der Waals surface area contributed by atoms with Gasteiger partial charge in [0.25, 0.3) is 5.91 Å². The van der Waals surface area contributed by atoms with E-state index in [1.807, 2.05) is 30.3 Å². The molecule has 138 valence electrons. The molecule has 0 unspecified atom stereocenters. The largest absolute Gasteiger partial charge is 0.370 e. The monoisotopic (exact) mass is 356 g/mol. The van der Waals surface area contributed by atoms with Gasteiger partial charge in [0.1, 0.15) is 0 Å². The Balaban J connectivity index is 1.73. The Kier molecular flexibility index (Phi) is 5.96. The van der Waals surface area contributed by atoms with E-state index in [9.17, 15) is 9.59 Å². The highest BCUT2D eigenvalue weighted by molar-refractivity contribution is 5.92. The molecule has 1 fully saturated rings. The Morgan fingerprint density at radius 3 is 2.65 bits per heavy atom. The number of aromatic nitrogens is 3. The molecule has 1 aromatic carbocycles. The number of hydrogen-bond acceptors (Lipinski definition) is 5. The topological polar surface area (TPSA) is 106 Å². The van der Waals surface area contributed by atoms with Gasteiger partial charge in [-0.05, 0) is 31.5 Å². The van der Waals surface area contributed by atoms with E-state index in [0.717, 1.165) is 31.5 Å². The van der Waals surface area contributed by atoms with Gasteiger partial charge in [-0.15, -0.1) is 5.10 Å². The lowest BCUT2D eigenvalue weighted by Gasteiger charge is -2.22. The SMILES string of the molecule is NC(=O)CCN(Cc1ccccc1)C(=O)c1cn(C2CCNCC2)nn1. The third kappa shape index (κ3) is 4.66. The van der Waals surface area contributed by atoms with Gasteiger partial charge in [-0.2, -0.15) is 0 Å². The Labute approximate surface area is 152 Å². The van der Waals surface area contributed by atoms with Crippen LogP contribution in [0, 0.1) is 0 Å². The van der Waals surface area contributed by atoms with E-state index in [1.54, 1.807) is 15.8 Å². The molecule has 0 radical (unpaired) electrons. The van der Waals surface area contributed by atoms with Gasteiger partial charge in [-0.1, -0.05) is 35.5 Å². The van der Waals surface area contributed by atoms with E-state index < -0.39 is 5.91 Å². The van der Waals surface area contributed by atoms with Gasteiger partial charge in [0.2, 0.25) is 5.91 Å². The molecule has 8 heteroatoms. The van der Waals surface area contributed by atoms with E-state index in [1.165, 1.54) is 0 Å². The first-order valence-electron chi connectivity index (χ1n) is 8.87. The first-order chi connectivity index (χ1) is 12.6. The van der Waals surface area contributed by atoms with E-state index >= 15 is 0 Å². The second-order valence-electron chi connectivity index (χ2n) is 6.49. The van der Waals surface area contributed by atoms with Gasteiger partial charge in [0.05, 0.1) is 12.2 Å². The molecule has 1 saturated heterocycles. The fourth-order valence-electron chi connectivity index (χ4n) is 3.09. The van der Waals surface area contributed by atoms with Crippen molar-refractivity contribution in [1.29, 1.82) is 0 Å². The summed E-state index contributed by atoms with van der Waals surface area (Å²) in [5, 5.41) is 11.5. The highest BCUT2D eigenvalue weighted by Crippen LogP contribution is 2.18. The second kappa shape index (κ2) is 8.57. The molecular formula is C18H24N6O2. The summed E-state index contributed by atoms with van der Waals surface area (Å²) in [7, 11) is 0. The van der Waals surface area contributed by atoms with E-state index in [4.69, 9.17) is 5.73 Å². The van der Waals surface area contributed by atoms with Crippen LogP contribution in [0.1, 0.15) is 41.4 Å². The van der Waals surface area contributed by atoms with Gasteiger partial charge >= 0.3 is 0 Å². The summed E-state index contributed by atoms with van der Waals surface area (Å²) in [6, 6.07) is 9.90. The summed E-state index contributed by atoms with van der Waals surface area (Å²) in [5.74, 6) is -0.676. The average molecular weight is 356 g/mol. The quantitative estimate of drug-likeness (QED) is 0.760. The number of nitrogens with one attached hydrogen (secondary N) is 1. The molecule has 2 heterocycles. The van der Waals surface area contributed by atoms with Crippen molar-refractivity contribution < 1.29 is 9.59 Å². The van der Waals surface area contributed by atoms with Gasteiger partial charge in [-0.25, -0.2) is 4.68 Å². The number of hydrogen-bond donors (Lipinski definition) is 2. The van der Waals surface area contributed by atoms with Crippen LogP contribution >= 0.6 is 0 Å². The number of nitrogens with zero attached hydrogens (tertiary/aromatic N) is 4. The van der Waals surface area contributed by atoms with Crippen LogP contribution in [-0.4, -0.2) is 51.3 Å². The molecule has 0 bridgehead atoms. The molecular weight excluding hydrogens is 332 g/mol. The lowest BCUT2D eigenvalue weighted by atomic mass is 10.1. The Morgan fingerprint density at radius 1 is 1.23 bits per heavy atom. The van der Waals surface area contributed by atoms with Gasteiger partial charge in [-0.3, -0.25) is 9.59 Å². The molecule has 0 spiro atoms. The van der Waals surface area contributed by atoms with Gasteiger partial charge in [0.15, 0.2) is 5.69 Å². The first-order valence-corrected chi connectivity index (χ1v) is 8.87. The number of nitrogens with two attached hydrogens (primary N) is 1. The maximum absolute atomic E-state index is 12.9. The van der Waals surface area contributed by atoms with Crippen molar-refractivity contribution in [3.05, 3.63) is 47.8 Å². The number of piperidine rings is 1. The molecule has 3 N–H and O–H groups in total. The molecule has 1 aliphatic rings. The predicted octanol–water partition coefficient (Wildman–Crippen LogP) is 0.720. The van der Waals surface area contributed by atoms with Crippen molar-refractivity contribution in [3.63, 3.8) is 0 Å². The molecule has 0 atom stereocenters. The summed E-state index contributed by atoms with van der Waals surface area (Å²) in [6.45, 7) is 2.52. The summed E-state index contributed by atoms with van der Waals surface area (Å²) in [5.41, 5.74) is 6.54. The maximum Gasteiger partial charge on any atom is 0.276 e. The summed E-state index contributed by atoms with van der Waals surface area (Å²) < 4.78 is 1.78. The number of carbonyl (C=O) groups is 2. The highest BCUT2D eigenvalue weighted by atomic mass is 16.2. The lowest BCUT2D eigenvalue weighted by Crippen LogP contribution is -2.34. The molecule has 2 amide bonds. The number of amides is 2.